The van der Waals surface area contributed by atoms with Crippen LogP contribution in [0, 0.1) is 11.8 Å². The number of carbonyl (C=O) groups is 6. The lowest BCUT2D eigenvalue weighted by atomic mass is 9.96. The van der Waals surface area contributed by atoms with Crippen LogP contribution in [0.15, 0.2) is 115 Å². The predicted octanol–water partition coefficient (Wildman–Crippen LogP) is 4.48. The minimum atomic E-state index is -1.24. The second kappa shape index (κ2) is 25.3. The summed E-state index contributed by atoms with van der Waals surface area (Å²) in [7, 11) is 0. The van der Waals surface area contributed by atoms with E-state index < -0.39 is 71.7 Å². The quantitative estimate of drug-likeness (QED) is 0.0388. The third kappa shape index (κ3) is 15.5. The molecule has 0 aliphatic heterocycles. The minimum Gasteiger partial charge on any atom is -0.368 e. The van der Waals surface area contributed by atoms with Crippen molar-refractivity contribution in [1.82, 2.24) is 26.6 Å². The molecule has 0 aliphatic carbocycles. The zero-order chi connectivity index (χ0) is 48.5. The molecule has 0 unspecified atom stereocenters. The lowest BCUT2D eigenvalue weighted by molar-refractivity contribution is -0.135. The van der Waals surface area contributed by atoms with Gasteiger partial charge in [0.15, 0.2) is 0 Å². The fourth-order valence-electron chi connectivity index (χ4n) is 8.29. The molecule has 356 valence electrons. The maximum Gasteiger partial charge on any atom is 0.243 e. The van der Waals surface area contributed by atoms with E-state index in [9.17, 15) is 28.8 Å². The van der Waals surface area contributed by atoms with E-state index in [1.54, 1.807) is 0 Å². The molecule has 6 amide bonds. The summed E-state index contributed by atoms with van der Waals surface area (Å²) in [5, 5.41) is 18.1. The maximum absolute atomic E-state index is 14.9. The molecule has 0 heterocycles. The van der Waals surface area contributed by atoms with Crippen LogP contribution in [-0.2, 0) is 48.0 Å². The molecule has 6 atom stereocenters. The van der Waals surface area contributed by atoms with Gasteiger partial charge in [-0.25, -0.2) is 0 Å². The Kier molecular flexibility index (Phi) is 19.4. The zero-order valence-electron chi connectivity index (χ0n) is 39.1. The summed E-state index contributed by atoms with van der Waals surface area (Å²) >= 11 is 0. The van der Waals surface area contributed by atoms with Crippen LogP contribution in [0.25, 0.3) is 21.5 Å². The molecule has 0 fully saturated rings. The van der Waals surface area contributed by atoms with Crippen molar-refractivity contribution >= 4 is 57.0 Å². The van der Waals surface area contributed by atoms with Gasteiger partial charge >= 0.3 is 0 Å². The van der Waals surface area contributed by atoms with E-state index in [0.29, 0.717) is 32.2 Å². The molecular formula is C53H68N8O6. The number of rotatable bonds is 25. The number of unbranched alkanes of at least 4 members (excludes halogenated alkanes) is 1. The molecule has 67 heavy (non-hydrogen) atoms. The van der Waals surface area contributed by atoms with Crippen LogP contribution in [0.5, 0.6) is 0 Å². The highest BCUT2D eigenvalue weighted by atomic mass is 16.2. The first-order valence-corrected chi connectivity index (χ1v) is 23.4. The van der Waals surface area contributed by atoms with Crippen molar-refractivity contribution in [3.8, 4) is 0 Å². The number of amides is 6. The van der Waals surface area contributed by atoms with E-state index in [1.165, 1.54) is 0 Å². The number of hydrogen-bond acceptors (Lipinski definition) is 8. The first-order chi connectivity index (χ1) is 32.1. The first-order valence-electron chi connectivity index (χ1n) is 23.4. The van der Waals surface area contributed by atoms with Gasteiger partial charge in [0.25, 0.3) is 0 Å². The molecule has 5 aromatic carbocycles. The van der Waals surface area contributed by atoms with Gasteiger partial charge in [0.05, 0.1) is 6.04 Å². The Balaban J connectivity index is 1.49. The van der Waals surface area contributed by atoms with Gasteiger partial charge in [-0.1, -0.05) is 149 Å². The van der Waals surface area contributed by atoms with Crippen molar-refractivity contribution in [2.45, 2.75) is 115 Å². The number of hydrogen-bond donors (Lipinski definition) is 8. The number of benzene rings is 5. The molecule has 0 aliphatic rings. The third-order valence-corrected chi connectivity index (χ3v) is 11.8. The first kappa shape index (κ1) is 51.3. The van der Waals surface area contributed by atoms with Crippen molar-refractivity contribution < 1.29 is 28.8 Å². The minimum absolute atomic E-state index is 0.0278. The lowest BCUT2D eigenvalue weighted by Gasteiger charge is -2.28. The number of primary amides is 1. The number of nitrogens with one attached hydrogen (secondary N) is 5. The van der Waals surface area contributed by atoms with Crippen molar-refractivity contribution in [3.63, 3.8) is 0 Å². The van der Waals surface area contributed by atoms with Gasteiger partial charge in [0.1, 0.15) is 30.2 Å². The van der Waals surface area contributed by atoms with Crippen LogP contribution in [-0.4, -0.2) is 78.2 Å². The molecule has 0 saturated carbocycles. The van der Waals surface area contributed by atoms with Gasteiger partial charge in [-0.2, -0.15) is 0 Å². The Morgan fingerprint density at radius 1 is 0.463 bits per heavy atom. The SMILES string of the molecule is CC(C)C[C@H](NC(=O)[C@H](CC(C)C)NC(=O)[C@@H](Cc1cccc2ccccc12)NC(=O)[C@H](Cc1ccccc1)NC(=O)[C@@H](Cc1cccc2ccccc12)NC(=O)[C@@H](N)CCCCN)C(N)=O. The predicted molar refractivity (Wildman–Crippen MR) is 264 cm³/mol. The van der Waals surface area contributed by atoms with E-state index in [1.807, 2.05) is 143 Å². The standard InChI is InChI=1S/C53H68N8O6/c1-33(2)28-43(48(56)62)57-50(64)44(29-34(3)4)59-53(67)47(32-39-23-15-21-37-19-9-11-25-41(37)39)61-51(65)45(30-35-16-6-5-7-17-35)60-52(66)46(58-49(63)42(55)26-12-13-27-54)31-38-22-14-20-36-18-8-10-24-40(36)38/h5-11,14-25,33-34,42-47H,12-13,26-32,54-55H2,1-4H3,(H2,56,62)(H,57,64)(H,58,63)(H,59,67)(H,60,66)(H,61,65)/t42-,43-,44-,45-,46+,47+/m0/s1. The molecule has 0 saturated heterocycles. The van der Waals surface area contributed by atoms with Gasteiger partial charge in [0, 0.05) is 19.3 Å². The Morgan fingerprint density at radius 2 is 0.866 bits per heavy atom. The molecule has 0 radical (unpaired) electrons. The van der Waals surface area contributed by atoms with Crippen LogP contribution < -0.4 is 43.8 Å². The highest BCUT2D eigenvalue weighted by Gasteiger charge is 2.34. The summed E-state index contributed by atoms with van der Waals surface area (Å²) in [5.74, 6) is -3.71. The van der Waals surface area contributed by atoms with Gasteiger partial charge in [-0.05, 0) is 82.3 Å². The van der Waals surface area contributed by atoms with Gasteiger partial charge in [0.2, 0.25) is 35.4 Å². The molecule has 0 spiro atoms. The van der Waals surface area contributed by atoms with E-state index >= 15 is 0 Å². The van der Waals surface area contributed by atoms with Crippen LogP contribution in [0.2, 0.25) is 0 Å². The van der Waals surface area contributed by atoms with Crippen molar-refractivity contribution in [2.24, 2.45) is 29.0 Å². The van der Waals surface area contributed by atoms with Crippen LogP contribution in [0.1, 0.15) is 76.5 Å². The lowest BCUT2D eigenvalue weighted by Crippen LogP contribution is -2.60. The smallest absolute Gasteiger partial charge is 0.243 e. The summed E-state index contributed by atoms with van der Waals surface area (Å²) in [6.45, 7) is 8.09. The van der Waals surface area contributed by atoms with E-state index in [-0.39, 0.29) is 37.5 Å². The van der Waals surface area contributed by atoms with Crippen molar-refractivity contribution in [3.05, 3.63) is 132 Å². The highest BCUT2D eigenvalue weighted by molar-refractivity contribution is 5.98. The molecule has 14 heteroatoms. The molecule has 5 rings (SSSR count). The van der Waals surface area contributed by atoms with Gasteiger partial charge in [-0.15, -0.1) is 0 Å². The number of nitrogens with two attached hydrogens (primary N) is 3. The normalized spacial score (nSPS) is 14.1. The van der Waals surface area contributed by atoms with E-state index in [2.05, 4.69) is 26.6 Å². The average Bonchev–Trinajstić information content (AvgIpc) is 3.30. The summed E-state index contributed by atoms with van der Waals surface area (Å²) in [5.41, 5.74) is 20.0. The Hall–Kier alpha value is -6.64. The van der Waals surface area contributed by atoms with Crippen LogP contribution in [0.3, 0.4) is 0 Å². The van der Waals surface area contributed by atoms with E-state index in [0.717, 1.165) is 38.2 Å². The molecular weight excluding hydrogens is 845 g/mol. The average molecular weight is 913 g/mol. The van der Waals surface area contributed by atoms with E-state index in [4.69, 9.17) is 17.2 Å². The van der Waals surface area contributed by atoms with Crippen molar-refractivity contribution in [1.29, 1.82) is 0 Å². The molecule has 14 nitrogen and oxygen atoms in total. The Bertz CT molecular complexity index is 2450. The Morgan fingerprint density at radius 3 is 1.36 bits per heavy atom. The summed E-state index contributed by atoms with van der Waals surface area (Å²) in [6.07, 6.45) is 2.39. The van der Waals surface area contributed by atoms with Gasteiger partial charge < -0.3 is 43.8 Å². The summed E-state index contributed by atoms with van der Waals surface area (Å²) < 4.78 is 0. The monoisotopic (exact) mass is 913 g/mol. The van der Waals surface area contributed by atoms with Gasteiger partial charge in [-0.3, -0.25) is 28.8 Å². The molecule has 0 aromatic heterocycles. The zero-order valence-corrected chi connectivity index (χ0v) is 39.1. The number of fused-ring (bicyclic) bond motifs is 2. The molecule has 11 N–H and O–H groups in total. The molecule has 0 bridgehead atoms. The fraction of sp³-hybridized carbons (Fsp3) is 0.396. The second-order valence-electron chi connectivity index (χ2n) is 18.2. The summed E-state index contributed by atoms with van der Waals surface area (Å²) in [6, 6.07) is 29.5. The summed E-state index contributed by atoms with van der Waals surface area (Å²) in [4.78, 5) is 84.0. The van der Waals surface area contributed by atoms with Crippen LogP contribution in [0.4, 0.5) is 0 Å². The largest absolute Gasteiger partial charge is 0.368 e. The van der Waals surface area contributed by atoms with Crippen molar-refractivity contribution in [2.75, 3.05) is 6.54 Å². The highest BCUT2D eigenvalue weighted by Crippen LogP contribution is 2.22. The number of carbonyl (C=O) groups excluding carboxylic acids is 6. The second-order valence-corrected chi connectivity index (χ2v) is 18.2. The third-order valence-electron chi connectivity index (χ3n) is 11.8. The Labute approximate surface area is 394 Å². The fourth-order valence-corrected chi connectivity index (χ4v) is 8.29. The maximum atomic E-state index is 14.9. The molecule has 5 aromatic rings. The topological polar surface area (TPSA) is 241 Å². The van der Waals surface area contributed by atoms with Crippen LogP contribution >= 0.6 is 0 Å².